The Kier molecular flexibility index (Phi) is 3.25. The van der Waals surface area contributed by atoms with Crippen molar-refractivity contribution in [3.8, 4) is 0 Å². The number of benzene rings is 1. The highest BCUT2D eigenvalue weighted by Gasteiger charge is 2.24. The Morgan fingerprint density at radius 3 is 2.81 bits per heavy atom. The van der Waals surface area contributed by atoms with Crippen LogP contribution in [0.2, 0.25) is 0 Å². The topological polar surface area (TPSA) is 41.1 Å². The molecule has 0 aromatic heterocycles. The first-order valence-electron chi connectivity index (χ1n) is 5.71. The fourth-order valence-electron chi connectivity index (χ4n) is 1.79. The van der Waals surface area contributed by atoms with Crippen LogP contribution in [-0.2, 0) is 11.3 Å². The normalized spacial score (nSPS) is 15.6. The molecule has 2 rings (SSSR count). The molecule has 2 N–H and O–H groups in total. The lowest BCUT2D eigenvalue weighted by atomic mass is 10.0. The lowest BCUT2D eigenvalue weighted by molar-refractivity contribution is -0.126. The molecule has 16 heavy (non-hydrogen) atoms. The lowest BCUT2D eigenvalue weighted by Crippen LogP contribution is -2.50. The zero-order valence-electron chi connectivity index (χ0n) is 9.84. The quantitative estimate of drug-likeness (QED) is 0.798. The third kappa shape index (κ3) is 2.42. The molecule has 1 aromatic carbocycles. The summed E-state index contributed by atoms with van der Waals surface area (Å²) >= 11 is 0. The molecular weight excluding hydrogens is 200 g/mol. The van der Waals surface area contributed by atoms with Gasteiger partial charge in [-0.2, -0.15) is 0 Å². The molecule has 86 valence electrons. The van der Waals surface area contributed by atoms with E-state index in [1.54, 1.807) is 0 Å². The zero-order chi connectivity index (χ0) is 11.5. The van der Waals surface area contributed by atoms with E-state index in [2.05, 4.69) is 42.7 Å². The first kappa shape index (κ1) is 11.1. The minimum atomic E-state index is 0.166. The van der Waals surface area contributed by atoms with E-state index in [9.17, 15) is 4.79 Å². The van der Waals surface area contributed by atoms with Gasteiger partial charge in [-0.1, -0.05) is 23.8 Å². The van der Waals surface area contributed by atoms with Crippen molar-refractivity contribution in [1.29, 1.82) is 0 Å². The summed E-state index contributed by atoms with van der Waals surface area (Å²) in [6.45, 7) is 6.42. The predicted molar refractivity (Wildman–Crippen MR) is 64.1 cm³/mol. The molecule has 0 spiro atoms. The van der Waals surface area contributed by atoms with Crippen LogP contribution >= 0.6 is 0 Å². The van der Waals surface area contributed by atoms with Gasteiger partial charge in [0.2, 0.25) is 5.91 Å². The molecule has 0 aliphatic carbocycles. The van der Waals surface area contributed by atoms with Crippen molar-refractivity contribution in [3.05, 3.63) is 34.9 Å². The number of aryl methyl sites for hydroxylation is 2. The van der Waals surface area contributed by atoms with Crippen molar-refractivity contribution in [3.63, 3.8) is 0 Å². The molecule has 1 fully saturated rings. The minimum absolute atomic E-state index is 0.166. The van der Waals surface area contributed by atoms with Gasteiger partial charge >= 0.3 is 0 Å². The Morgan fingerprint density at radius 1 is 1.44 bits per heavy atom. The third-order valence-corrected chi connectivity index (χ3v) is 3.11. The molecule has 1 aliphatic rings. The Hall–Kier alpha value is -1.35. The Balaban J connectivity index is 1.93. The van der Waals surface area contributed by atoms with Gasteiger partial charge in [0.25, 0.3) is 0 Å². The highest BCUT2D eigenvalue weighted by molar-refractivity contribution is 5.80. The second-order valence-corrected chi connectivity index (χ2v) is 4.50. The molecular formula is C13H18N2O. The number of carbonyl (C=O) groups excluding carboxylic acids is 1. The third-order valence-electron chi connectivity index (χ3n) is 3.11. The largest absolute Gasteiger partial charge is 0.352 e. The number of rotatable bonds is 3. The van der Waals surface area contributed by atoms with E-state index in [4.69, 9.17) is 0 Å². The van der Waals surface area contributed by atoms with Gasteiger partial charge in [-0.3, -0.25) is 4.79 Å². The maximum atomic E-state index is 11.6. The van der Waals surface area contributed by atoms with E-state index >= 15 is 0 Å². The summed E-state index contributed by atoms with van der Waals surface area (Å²) in [4.78, 5) is 11.6. The summed E-state index contributed by atoms with van der Waals surface area (Å²) in [5, 5.41) is 6.09. The average Bonchev–Trinajstić information content (AvgIpc) is 2.17. The van der Waals surface area contributed by atoms with E-state index in [1.807, 2.05) is 0 Å². The summed E-state index contributed by atoms with van der Waals surface area (Å²) in [5.41, 5.74) is 3.68. The van der Waals surface area contributed by atoms with Crippen LogP contribution in [0.25, 0.3) is 0 Å². The van der Waals surface area contributed by atoms with Crippen LogP contribution in [0.1, 0.15) is 16.7 Å². The first-order valence-corrected chi connectivity index (χ1v) is 5.71. The van der Waals surface area contributed by atoms with E-state index in [0.29, 0.717) is 6.54 Å². The average molecular weight is 218 g/mol. The lowest BCUT2D eigenvalue weighted by Gasteiger charge is -2.25. The van der Waals surface area contributed by atoms with Crippen LogP contribution in [-0.4, -0.2) is 19.0 Å². The molecule has 0 bridgehead atoms. The van der Waals surface area contributed by atoms with Crippen molar-refractivity contribution in [2.24, 2.45) is 5.92 Å². The Bertz CT molecular complexity index is 397. The molecule has 3 nitrogen and oxygen atoms in total. The van der Waals surface area contributed by atoms with Gasteiger partial charge in [0.05, 0.1) is 5.92 Å². The van der Waals surface area contributed by atoms with Gasteiger partial charge in [0, 0.05) is 19.6 Å². The smallest absolute Gasteiger partial charge is 0.225 e. The fourth-order valence-corrected chi connectivity index (χ4v) is 1.79. The van der Waals surface area contributed by atoms with Crippen LogP contribution in [0.5, 0.6) is 0 Å². The van der Waals surface area contributed by atoms with Gasteiger partial charge < -0.3 is 10.6 Å². The summed E-state index contributed by atoms with van der Waals surface area (Å²) in [5.74, 6) is 0.338. The molecule has 0 radical (unpaired) electrons. The summed E-state index contributed by atoms with van der Waals surface area (Å²) in [7, 11) is 0. The van der Waals surface area contributed by atoms with Crippen LogP contribution in [0.15, 0.2) is 18.2 Å². The summed E-state index contributed by atoms with van der Waals surface area (Å²) in [6.07, 6.45) is 0. The van der Waals surface area contributed by atoms with Gasteiger partial charge in [0.1, 0.15) is 0 Å². The minimum Gasteiger partial charge on any atom is -0.352 e. The molecule has 0 saturated carbocycles. The van der Waals surface area contributed by atoms with Gasteiger partial charge in [0.15, 0.2) is 0 Å². The van der Waals surface area contributed by atoms with Crippen molar-refractivity contribution < 1.29 is 4.79 Å². The molecule has 1 aromatic rings. The fraction of sp³-hybridized carbons (Fsp3) is 0.462. The Labute approximate surface area is 96.2 Å². The summed E-state index contributed by atoms with van der Waals surface area (Å²) < 4.78 is 0. The molecule has 1 heterocycles. The van der Waals surface area contributed by atoms with E-state index in [1.165, 1.54) is 16.7 Å². The SMILES string of the molecule is Cc1ccc(C)c(CNC(=O)C2CNC2)c1. The predicted octanol–water partition coefficient (Wildman–Crippen LogP) is 1.14. The molecule has 3 heteroatoms. The van der Waals surface area contributed by atoms with Crippen LogP contribution < -0.4 is 10.6 Å². The van der Waals surface area contributed by atoms with Crippen LogP contribution in [0.4, 0.5) is 0 Å². The van der Waals surface area contributed by atoms with E-state index in [0.717, 1.165) is 13.1 Å². The van der Waals surface area contributed by atoms with E-state index < -0.39 is 0 Å². The molecule has 0 atom stereocenters. The van der Waals surface area contributed by atoms with Gasteiger partial charge in [-0.05, 0) is 25.0 Å². The van der Waals surface area contributed by atoms with Crippen LogP contribution in [0, 0.1) is 19.8 Å². The first-order chi connectivity index (χ1) is 7.66. The number of amides is 1. The van der Waals surface area contributed by atoms with Gasteiger partial charge in [-0.15, -0.1) is 0 Å². The number of hydrogen-bond donors (Lipinski definition) is 2. The van der Waals surface area contributed by atoms with Crippen molar-refractivity contribution >= 4 is 5.91 Å². The van der Waals surface area contributed by atoms with Crippen molar-refractivity contribution in [2.75, 3.05) is 13.1 Å². The highest BCUT2D eigenvalue weighted by Crippen LogP contribution is 2.11. The standard InChI is InChI=1S/C13H18N2O/c1-9-3-4-10(2)11(5-9)8-15-13(16)12-6-14-7-12/h3-5,12,14H,6-8H2,1-2H3,(H,15,16). The number of hydrogen-bond acceptors (Lipinski definition) is 2. The van der Waals surface area contributed by atoms with Crippen molar-refractivity contribution in [1.82, 2.24) is 10.6 Å². The van der Waals surface area contributed by atoms with E-state index in [-0.39, 0.29) is 11.8 Å². The monoisotopic (exact) mass is 218 g/mol. The molecule has 1 amide bonds. The second-order valence-electron chi connectivity index (χ2n) is 4.50. The Morgan fingerprint density at radius 2 is 2.19 bits per heavy atom. The van der Waals surface area contributed by atoms with Crippen molar-refractivity contribution in [2.45, 2.75) is 20.4 Å². The highest BCUT2D eigenvalue weighted by atomic mass is 16.2. The zero-order valence-corrected chi connectivity index (χ0v) is 9.84. The maximum Gasteiger partial charge on any atom is 0.225 e. The number of nitrogens with one attached hydrogen (secondary N) is 2. The number of carbonyl (C=O) groups is 1. The second kappa shape index (κ2) is 4.66. The maximum absolute atomic E-state index is 11.6. The molecule has 0 unspecified atom stereocenters. The molecule has 1 aliphatic heterocycles. The molecule has 1 saturated heterocycles. The van der Waals surface area contributed by atoms with Crippen LogP contribution in [0.3, 0.4) is 0 Å². The van der Waals surface area contributed by atoms with Gasteiger partial charge in [-0.25, -0.2) is 0 Å². The summed E-state index contributed by atoms with van der Waals surface area (Å²) in [6, 6.07) is 6.33.